The first-order chi connectivity index (χ1) is 7.61. The lowest BCUT2D eigenvalue weighted by Crippen LogP contribution is -2.44. The van der Waals surface area contributed by atoms with Gasteiger partial charge in [-0.1, -0.05) is 20.4 Å². The van der Waals surface area contributed by atoms with Crippen LogP contribution in [-0.4, -0.2) is 43.4 Å². The third-order valence-electron chi connectivity index (χ3n) is 2.19. The molecular formula is C12H23NO3. The van der Waals surface area contributed by atoms with Crippen LogP contribution in [0, 0.1) is 0 Å². The van der Waals surface area contributed by atoms with Crippen molar-refractivity contribution in [1.29, 1.82) is 0 Å². The van der Waals surface area contributed by atoms with Gasteiger partial charge in [0.2, 0.25) is 0 Å². The molecule has 0 aromatic heterocycles. The van der Waals surface area contributed by atoms with Crippen LogP contribution in [0.1, 0.15) is 27.7 Å². The Labute approximate surface area is 98.2 Å². The Kier molecular flexibility index (Phi) is 7.85. The van der Waals surface area contributed by atoms with Gasteiger partial charge in [-0.25, -0.2) is 4.79 Å². The molecule has 0 aliphatic carbocycles. The van der Waals surface area contributed by atoms with Gasteiger partial charge >= 0.3 is 5.97 Å². The Morgan fingerprint density at radius 1 is 1.38 bits per heavy atom. The Hall–Kier alpha value is -0.870. The fourth-order valence-corrected chi connectivity index (χ4v) is 1.27. The highest BCUT2D eigenvalue weighted by molar-refractivity contribution is 5.87. The summed E-state index contributed by atoms with van der Waals surface area (Å²) in [4.78, 5) is 13.3. The molecule has 0 spiro atoms. The predicted molar refractivity (Wildman–Crippen MR) is 64.1 cm³/mol. The topological polar surface area (TPSA) is 38.8 Å². The second kappa shape index (κ2) is 8.30. The zero-order chi connectivity index (χ0) is 12.6. The largest absolute Gasteiger partial charge is 0.443 e. The Morgan fingerprint density at radius 3 is 2.31 bits per heavy atom. The summed E-state index contributed by atoms with van der Waals surface area (Å²) in [5.74, 6) is -0.330. The summed E-state index contributed by atoms with van der Waals surface area (Å²) >= 11 is 0. The highest BCUT2D eigenvalue weighted by Crippen LogP contribution is 2.06. The predicted octanol–water partition coefficient (Wildman–Crippen LogP) is 1.81. The fourth-order valence-electron chi connectivity index (χ4n) is 1.27. The van der Waals surface area contributed by atoms with Crippen LogP contribution in [0.2, 0.25) is 0 Å². The van der Waals surface area contributed by atoms with E-state index in [0.29, 0.717) is 18.8 Å². The number of morpholine rings is 1. The maximum Gasteiger partial charge on any atom is 0.334 e. The molecular weight excluding hydrogens is 206 g/mol. The van der Waals surface area contributed by atoms with Crippen molar-refractivity contribution in [2.75, 3.05) is 26.3 Å². The number of hydrogen-bond donors (Lipinski definition) is 0. The molecule has 4 heteroatoms. The summed E-state index contributed by atoms with van der Waals surface area (Å²) in [7, 11) is 0. The molecule has 16 heavy (non-hydrogen) atoms. The van der Waals surface area contributed by atoms with Crippen LogP contribution in [0.4, 0.5) is 0 Å². The second-order valence-electron chi connectivity index (χ2n) is 3.43. The van der Waals surface area contributed by atoms with E-state index in [4.69, 9.17) is 9.47 Å². The van der Waals surface area contributed by atoms with E-state index in [1.807, 2.05) is 20.8 Å². The maximum atomic E-state index is 11.2. The Morgan fingerprint density at radius 2 is 1.88 bits per heavy atom. The first-order valence-electron chi connectivity index (χ1n) is 5.79. The molecule has 1 heterocycles. The van der Waals surface area contributed by atoms with Gasteiger partial charge in [0.05, 0.1) is 13.2 Å². The number of rotatable bonds is 3. The summed E-state index contributed by atoms with van der Waals surface area (Å²) in [6.07, 6.45) is -0.192. The van der Waals surface area contributed by atoms with Gasteiger partial charge in [0, 0.05) is 18.7 Å². The second-order valence-corrected chi connectivity index (χ2v) is 3.43. The van der Waals surface area contributed by atoms with E-state index in [1.54, 1.807) is 6.92 Å². The minimum atomic E-state index is -0.330. The van der Waals surface area contributed by atoms with Crippen molar-refractivity contribution in [2.45, 2.75) is 33.9 Å². The number of nitrogens with zero attached hydrogens (tertiary/aromatic N) is 1. The molecule has 0 radical (unpaired) electrons. The quantitative estimate of drug-likeness (QED) is 0.546. The van der Waals surface area contributed by atoms with E-state index < -0.39 is 0 Å². The van der Waals surface area contributed by atoms with E-state index in [1.165, 1.54) is 0 Å². The van der Waals surface area contributed by atoms with E-state index in [-0.39, 0.29) is 12.2 Å². The molecule has 0 saturated carbocycles. The molecule has 1 atom stereocenters. The van der Waals surface area contributed by atoms with E-state index in [9.17, 15) is 4.79 Å². The smallest absolute Gasteiger partial charge is 0.334 e. The molecule has 1 rings (SSSR count). The van der Waals surface area contributed by atoms with Gasteiger partial charge in [-0.15, -0.1) is 0 Å². The van der Waals surface area contributed by atoms with Crippen molar-refractivity contribution >= 4 is 5.97 Å². The maximum absolute atomic E-state index is 11.2. The molecule has 0 amide bonds. The van der Waals surface area contributed by atoms with Gasteiger partial charge in [-0.05, 0) is 13.8 Å². The van der Waals surface area contributed by atoms with E-state index >= 15 is 0 Å². The number of ether oxygens (including phenoxy) is 2. The van der Waals surface area contributed by atoms with E-state index in [2.05, 4.69) is 11.5 Å². The average Bonchev–Trinajstić information content (AvgIpc) is 2.32. The highest BCUT2D eigenvalue weighted by atomic mass is 16.6. The van der Waals surface area contributed by atoms with Gasteiger partial charge in [0.15, 0.2) is 6.23 Å². The van der Waals surface area contributed by atoms with E-state index in [0.717, 1.165) is 13.1 Å². The molecule has 4 nitrogen and oxygen atoms in total. The molecule has 0 aromatic rings. The molecule has 1 unspecified atom stereocenters. The average molecular weight is 229 g/mol. The lowest BCUT2D eigenvalue weighted by molar-refractivity contribution is -0.156. The van der Waals surface area contributed by atoms with Crippen molar-refractivity contribution in [3.05, 3.63) is 12.2 Å². The van der Waals surface area contributed by atoms with Crippen LogP contribution in [0.5, 0.6) is 0 Å². The molecule has 94 valence electrons. The minimum absolute atomic E-state index is 0.192. The Bertz CT molecular complexity index is 222. The number of carbonyl (C=O) groups excluding carboxylic acids is 1. The van der Waals surface area contributed by atoms with Crippen LogP contribution in [0.15, 0.2) is 12.2 Å². The number of carbonyl (C=O) groups is 1. The lowest BCUT2D eigenvalue weighted by Gasteiger charge is -2.31. The molecule has 0 N–H and O–H groups in total. The molecule has 1 aliphatic heterocycles. The van der Waals surface area contributed by atoms with Crippen molar-refractivity contribution in [2.24, 2.45) is 0 Å². The number of hydrogen-bond acceptors (Lipinski definition) is 4. The van der Waals surface area contributed by atoms with Crippen LogP contribution >= 0.6 is 0 Å². The van der Waals surface area contributed by atoms with Crippen LogP contribution < -0.4 is 0 Å². The number of esters is 1. The van der Waals surface area contributed by atoms with Gasteiger partial charge in [0.25, 0.3) is 0 Å². The zero-order valence-electron chi connectivity index (χ0n) is 10.8. The first-order valence-corrected chi connectivity index (χ1v) is 5.79. The van der Waals surface area contributed by atoms with Crippen molar-refractivity contribution in [1.82, 2.24) is 4.90 Å². The first kappa shape index (κ1) is 15.1. The van der Waals surface area contributed by atoms with Crippen molar-refractivity contribution < 1.29 is 14.3 Å². The van der Waals surface area contributed by atoms with Gasteiger partial charge in [0.1, 0.15) is 0 Å². The van der Waals surface area contributed by atoms with Crippen LogP contribution in [0.3, 0.4) is 0 Å². The summed E-state index contributed by atoms with van der Waals surface area (Å²) in [5.41, 5.74) is 0.435. The standard InChI is InChI=1S/C10H17NO3.C2H6/c1-8(2)10(12)14-9(3)11-4-6-13-7-5-11;1-2/h9H,1,4-7H2,2-3H3;1-2H3. The molecule has 1 saturated heterocycles. The summed E-state index contributed by atoms with van der Waals surface area (Å²) in [6.45, 7) is 14.1. The summed E-state index contributed by atoms with van der Waals surface area (Å²) < 4.78 is 10.4. The lowest BCUT2D eigenvalue weighted by atomic mass is 10.3. The van der Waals surface area contributed by atoms with Gasteiger partial charge in [-0.3, -0.25) is 4.90 Å². The SMILES string of the molecule is C=C(C)C(=O)OC(C)N1CCOCC1.CC. The monoisotopic (exact) mass is 229 g/mol. The summed E-state index contributed by atoms with van der Waals surface area (Å²) in [5, 5.41) is 0. The molecule has 1 fully saturated rings. The highest BCUT2D eigenvalue weighted by Gasteiger charge is 2.20. The fraction of sp³-hybridized carbons (Fsp3) is 0.750. The third-order valence-corrected chi connectivity index (χ3v) is 2.19. The van der Waals surface area contributed by atoms with Crippen molar-refractivity contribution in [3.63, 3.8) is 0 Å². The normalized spacial score (nSPS) is 18.0. The zero-order valence-corrected chi connectivity index (χ0v) is 10.8. The van der Waals surface area contributed by atoms with Crippen LogP contribution in [-0.2, 0) is 14.3 Å². The summed E-state index contributed by atoms with van der Waals surface area (Å²) in [6, 6.07) is 0. The molecule has 0 bridgehead atoms. The van der Waals surface area contributed by atoms with Gasteiger partial charge in [-0.2, -0.15) is 0 Å². The van der Waals surface area contributed by atoms with Gasteiger partial charge < -0.3 is 9.47 Å². The minimum Gasteiger partial charge on any atom is -0.443 e. The molecule has 0 aromatic carbocycles. The molecule has 1 aliphatic rings. The van der Waals surface area contributed by atoms with Crippen molar-refractivity contribution in [3.8, 4) is 0 Å². The third kappa shape index (κ3) is 5.28. The van der Waals surface area contributed by atoms with Crippen LogP contribution in [0.25, 0.3) is 0 Å². The Balaban J connectivity index is 0.00000106.